The summed E-state index contributed by atoms with van der Waals surface area (Å²) in [7, 11) is -3.26. The molecule has 0 radical (unpaired) electrons. The fraction of sp³-hybridized carbons (Fsp3) is 0.500. The molecule has 1 aliphatic heterocycles. The number of rotatable bonds is 3. The lowest BCUT2D eigenvalue weighted by Crippen LogP contribution is -2.52. The predicted octanol–water partition coefficient (Wildman–Crippen LogP) is 2.02. The number of H-pyrrole nitrogens is 1. The van der Waals surface area contributed by atoms with E-state index >= 15 is 0 Å². The van der Waals surface area contributed by atoms with Crippen LogP contribution < -0.4 is 0 Å². The van der Waals surface area contributed by atoms with Gasteiger partial charge in [-0.15, -0.1) is 0 Å². The summed E-state index contributed by atoms with van der Waals surface area (Å²) in [6.07, 6.45) is 0. The summed E-state index contributed by atoms with van der Waals surface area (Å²) in [5.74, 6) is -0.144. The van der Waals surface area contributed by atoms with Crippen LogP contribution in [0.3, 0.4) is 0 Å². The number of nitrogens with zero attached hydrogens (tertiary/aromatic N) is 2. The fourth-order valence-corrected chi connectivity index (χ4v) is 4.29. The maximum atomic E-state index is 12.5. The van der Waals surface area contributed by atoms with Crippen LogP contribution in [0.1, 0.15) is 24.3 Å². The van der Waals surface area contributed by atoms with E-state index < -0.39 is 15.3 Å². The average Bonchev–Trinajstić information content (AvgIpc) is 3.03. The van der Waals surface area contributed by atoms with Gasteiger partial charge in [-0.1, -0.05) is 0 Å². The van der Waals surface area contributed by atoms with Gasteiger partial charge in [0.15, 0.2) is 10.3 Å². The van der Waals surface area contributed by atoms with Crippen LogP contribution >= 0.6 is 15.9 Å². The number of sulfonamides is 1. The Morgan fingerprint density at radius 2 is 1.91 bits per heavy atom. The van der Waals surface area contributed by atoms with E-state index in [4.69, 9.17) is 4.42 Å². The van der Waals surface area contributed by atoms with Gasteiger partial charge < -0.3 is 14.3 Å². The van der Waals surface area contributed by atoms with Crippen molar-refractivity contribution in [2.24, 2.45) is 0 Å². The zero-order chi connectivity index (χ0) is 16.8. The van der Waals surface area contributed by atoms with Gasteiger partial charge in [0.2, 0.25) is 10.0 Å². The van der Waals surface area contributed by atoms with Gasteiger partial charge in [-0.25, -0.2) is 8.42 Å². The Morgan fingerprint density at radius 1 is 1.26 bits per heavy atom. The summed E-state index contributed by atoms with van der Waals surface area (Å²) < 4.78 is 31.8. The molecule has 1 N–H and O–H groups in total. The van der Waals surface area contributed by atoms with Crippen molar-refractivity contribution in [3.05, 3.63) is 22.5 Å². The maximum Gasteiger partial charge on any atom is 0.270 e. The molecule has 0 bridgehead atoms. The number of hydrogen-bond donors (Lipinski definition) is 1. The molecule has 0 aromatic carbocycles. The molecule has 0 spiro atoms. The van der Waals surface area contributed by atoms with Crippen molar-refractivity contribution in [2.75, 3.05) is 26.2 Å². The molecule has 1 saturated heterocycles. The number of halogens is 1. The standard InChI is InChI=1S/C14H18BrN3O4S/c1-9(2)23(20,21)18-5-3-17(4-6-18)14(19)11-7-12-10(16-11)8-13(15)22-12/h7-9,16H,3-6H2,1-2H3. The Hall–Kier alpha value is -1.32. The van der Waals surface area contributed by atoms with Gasteiger partial charge in [-0.3, -0.25) is 4.79 Å². The van der Waals surface area contributed by atoms with Crippen molar-refractivity contribution in [1.29, 1.82) is 0 Å². The van der Waals surface area contributed by atoms with Gasteiger partial charge in [0.25, 0.3) is 5.91 Å². The van der Waals surface area contributed by atoms with E-state index in [2.05, 4.69) is 20.9 Å². The molecule has 0 unspecified atom stereocenters. The van der Waals surface area contributed by atoms with Gasteiger partial charge in [0, 0.05) is 38.3 Å². The van der Waals surface area contributed by atoms with E-state index in [0.717, 1.165) is 5.52 Å². The van der Waals surface area contributed by atoms with Crippen molar-refractivity contribution in [1.82, 2.24) is 14.2 Å². The number of fused-ring (bicyclic) bond motifs is 1. The highest BCUT2D eigenvalue weighted by atomic mass is 79.9. The minimum absolute atomic E-state index is 0.144. The number of aromatic nitrogens is 1. The highest BCUT2D eigenvalue weighted by Crippen LogP contribution is 2.24. The van der Waals surface area contributed by atoms with Gasteiger partial charge in [0.1, 0.15) is 5.69 Å². The zero-order valence-electron chi connectivity index (χ0n) is 12.9. The number of carbonyl (C=O) groups excluding carboxylic acids is 1. The van der Waals surface area contributed by atoms with Crippen LogP contribution in [0.4, 0.5) is 0 Å². The van der Waals surface area contributed by atoms with Crippen LogP contribution in [0, 0.1) is 0 Å². The normalized spacial score (nSPS) is 17.3. The first-order chi connectivity index (χ1) is 10.8. The Morgan fingerprint density at radius 3 is 2.48 bits per heavy atom. The van der Waals surface area contributed by atoms with Gasteiger partial charge in [-0.2, -0.15) is 4.31 Å². The minimum Gasteiger partial charge on any atom is -0.448 e. The molecule has 126 valence electrons. The van der Waals surface area contributed by atoms with Crippen LogP contribution in [-0.4, -0.2) is 59.9 Å². The average molecular weight is 404 g/mol. The third kappa shape index (κ3) is 3.05. The van der Waals surface area contributed by atoms with E-state index in [-0.39, 0.29) is 5.91 Å². The topological polar surface area (TPSA) is 86.6 Å². The van der Waals surface area contributed by atoms with Crippen molar-refractivity contribution in [3.8, 4) is 0 Å². The van der Waals surface area contributed by atoms with E-state index in [0.29, 0.717) is 42.1 Å². The molecule has 3 heterocycles. The summed E-state index contributed by atoms with van der Waals surface area (Å²) in [6, 6.07) is 3.43. The minimum atomic E-state index is -3.26. The van der Waals surface area contributed by atoms with Crippen LogP contribution in [0.2, 0.25) is 0 Å². The molecule has 23 heavy (non-hydrogen) atoms. The van der Waals surface area contributed by atoms with Gasteiger partial charge in [0.05, 0.1) is 10.8 Å². The number of amides is 1. The number of piperazine rings is 1. The van der Waals surface area contributed by atoms with E-state index in [1.807, 2.05) is 0 Å². The Labute approximate surface area is 142 Å². The molecule has 0 atom stereocenters. The summed E-state index contributed by atoms with van der Waals surface area (Å²) in [4.78, 5) is 17.2. The van der Waals surface area contributed by atoms with Crippen molar-refractivity contribution >= 4 is 43.0 Å². The molecule has 0 saturated carbocycles. The van der Waals surface area contributed by atoms with E-state index in [1.165, 1.54) is 4.31 Å². The second kappa shape index (κ2) is 5.95. The smallest absolute Gasteiger partial charge is 0.270 e. The van der Waals surface area contributed by atoms with Crippen molar-refractivity contribution < 1.29 is 17.6 Å². The summed E-state index contributed by atoms with van der Waals surface area (Å²) in [5.41, 5.74) is 1.81. The van der Waals surface area contributed by atoms with Crippen LogP contribution in [0.5, 0.6) is 0 Å². The second-order valence-electron chi connectivity index (χ2n) is 5.80. The lowest BCUT2D eigenvalue weighted by molar-refractivity contribution is 0.0692. The molecular weight excluding hydrogens is 386 g/mol. The molecule has 2 aromatic rings. The third-order valence-corrected chi connectivity index (χ3v) is 6.65. The fourth-order valence-electron chi connectivity index (χ4n) is 2.62. The van der Waals surface area contributed by atoms with Crippen molar-refractivity contribution in [2.45, 2.75) is 19.1 Å². The Balaban J connectivity index is 1.69. The first-order valence-corrected chi connectivity index (χ1v) is 9.65. The summed E-state index contributed by atoms with van der Waals surface area (Å²) in [6.45, 7) is 4.75. The first kappa shape index (κ1) is 16.5. The van der Waals surface area contributed by atoms with Gasteiger partial charge in [-0.05, 0) is 29.8 Å². The quantitative estimate of drug-likeness (QED) is 0.848. The first-order valence-electron chi connectivity index (χ1n) is 7.35. The SMILES string of the molecule is CC(C)S(=O)(=O)N1CCN(C(=O)c2cc3oc(Br)cc3[nH]2)CC1. The molecule has 2 aromatic heterocycles. The Kier molecular flexibility index (Phi) is 4.28. The highest BCUT2D eigenvalue weighted by molar-refractivity contribution is 9.10. The van der Waals surface area contributed by atoms with Crippen LogP contribution in [-0.2, 0) is 10.0 Å². The maximum absolute atomic E-state index is 12.5. The molecule has 0 aliphatic carbocycles. The number of carbonyl (C=O) groups is 1. The van der Waals surface area contributed by atoms with Crippen LogP contribution in [0.25, 0.3) is 11.1 Å². The molecule has 1 fully saturated rings. The van der Waals surface area contributed by atoms with Gasteiger partial charge >= 0.3 is 0 Å². The molecule has 7 nitrogen and oxygen atoms in total. The summed E-state index contributed by atoms with van der Waals surface area (Å²) >= 11 is 3.23. The predicted molar refractivity (Wildman–Crippen MR) is 89.8 cm³/mol. The zero-order valence-corrected chi connectivity index (χ0v) is 15.3. The number of nitrogens with one attached hydrogen (secondary N) is 1. The largest absolute Gasteiger partial charge is 0.448 e. The number of furan rings is 1. The monoisotopic (exact) mass is 403 g/mol. The van der Waals surface area contributed by atoms with E-state index in [9.17, 15) is 13.2 Å². The lowest BCUT2D eigenvalue weighted by Gasteiger charge is -2.34. The van der Waals surface area contributed by atoms with Crippen molar-refractivity contribution in [3.63, 3.8) is 0 Å². The molecule has 1 amide bonds. The lowest BCUT2D eigenvalue weighted by atomic mass is 10.3. The molecule has 9 heteroatoms. The third-order valence-electron chi connectivity index (χ3n) is 3.99. The highest BCUT2D eigenvalue weighted by Gasteiger charge is 2.31. The molecular formula is C14H18BrN3O4S. The van der Waals surface area contributed by atoms with E-state index in [1.54, 1.807) is 30.9 Å². The number of aromatic amines is 1. The molecule has 1 aliphatic rings. The Bertz CT molecular complexity index is 800. The van der Waals surface area contributed by atoms with Crippen LogP contribution in [0.15, 0.2) is 21.2 Å². The molecule has 3 rings (SSSR count). The number of hydrogen-bond acceptors (Lipinski definition) is 4. The second-order valence-corrected chi connectivity index (χ2v) is 9.07. The summed E-state index contributed by atoms with van der Waals surface area (Å²) in [5, 5.41) is -0.446.